The van der Waals surface area contributed by atoms with Crippen LogP contribution in [-0.2, 0) is 4.74 Å². The van der Waals surface area contributed by atoms with Gasteiger partial charge in [0.25, 0.3) is 5.91 Å². The van der Waals surface area contributed by atoms with Gasteiger partial charge in [-0.2, -0.15) is 18.4 Å². The number of nitriles is 1. The summed E-state index contributed by atoms with van der Waals surface area (Å²) in [6.45, 7) is 7.72. The maximum Gasteiger partial charge on any atom is 0.408 e. The summed E-state index contributed by atoms with van der Waals surface area (Å²) in [5, 5.41) is 14.4. The fourth-order valence-electron chi connectivity index (χ4n) is 4.21. The number of carbonyl (C=O) groups is 2. The Morgan fingerprint density at radius 2 is 1.79 bits per heavy atom. The molecule has 3 rings (SSSR count). The van der Waals surface area contributed by atoms with Gasteiger partial charge in [-0.15, -0.1) is 0 Å². The van der Waals surface area contributed by atoms with Crippen molar-refractivity contribution in [3.05, 3.63) is 47.3 Å². The lowest BCUT2D eigenvalue weighted by atomic mass is 9.97. The van der Waals surface area contributed by atoms with Crippen molar-refractivity contribution in [1.82, 2.24) is 15.6 Å². The zero-order valence-corrected chi connectivity index (χ0v) is 22.0. The highest BCUT2D eigenvalue weighted by molar-refractivity contribution is 6.04. The molecule has 1 aliphatic heterocycles. The van der Waals surface area contributed by atoms with Gasteiger partial charge >= 0.3 is 12.3 Å². The number of carbonyl (C=O) groups excluding carboxylic acids is 2. The van der Waals surface area contributed by atoms with Crippen molar-refractivity contribution in [3.8, 4) is 17.2 Å². The van der Waals surface area contributed by atoms with Crippen molar-refractivity contribution < 1.29 is 36.3 Å². The van der Waals surface area contributed by atoms with E-state index >= 15 is 0 Å². The zero-order valence-electron chi connectivity index (χ0n) is 22.0. The monoisotopic (exact) mass is 553 g/mol. The summed E-state index contributed by atoms with van der Waals surface area (Å²) in [6.07, 6.45) is -4.19. The van der Waals surface area contributed by atoms with Crippen molar-refractivity contribution in [2.75, 3.05) is 18.0 Å². The molecule has 2 heterocycles. The van der Waals surface area contributed by atoms with E-state index in [1.54, 1.807) is 32.6 Å². The van der Waals surface area contributed by atoms with E-state index < -0.39 is 47.0 Å². The fraction of sp³-hybridized carbons (Fsp3) is 0.462. The van der Waals surface area contributed by atoms with Crippen LogP contribution in [0.25, 0.3) is 11.1 Å². The highest BCUT2D eigenvalue weighted by Crippen LogP contribution is 2.40. The predicted molar refractivity (Wildman–Crippen MR) is 132 cm³/mol. The van der Waals surface area contributed by atoms with Crippen molar-refractivity contribution in [3.63, 3.8) is 0 Å². The Morgan fingerprint density at radius 1 is 1.18 bits per heavy atom. The van der Waals surface area contributed by atoms with Gasteiger partial charge in [0.1, 0.15) is 35.0 Å². The first-order valence-electron chi connectivity index (χ1n) is 12.0. The number of aromatic nitrogens is 1. The van der Waals surface area contributed by atoms with E-state index in [1.807, 2.05) is 11.4 Å². The average molecular weight is 554 g/mol. The van der Waals surface area contributed by atoms with E-state index in [9.17, 15) is 36.8 Å². The van der Waals surface area contributed by atoms with Gasteiger partial charge in [0, 0.05) is 30.9 Å². The maximum absolute atomic E-state index is 14.2. The van der Waals surface area contributed by atoms with Crippen LogP contribution in [0.2, 0.25) is 0 Å². The average Bonchev–Trinajstić information content (AvgIpc) is 3.16. The molecule has 2 amide bonds. The third kappa shape index (κ3) is 7.13. The van der Waals surface area contributed by atoms with Gasteiger partial charge in [-0.3, -0.25) is 4.79 Å². The smallest absolute Gasteiger partial charge is 0.408 e. The van der Waals surface area contributed by atoms with Gasteiger partial charge < -0.3 is 20.3 Å². The summed E-state index contributed by atoms with van der Waals surface area (Å²) in [5.41, 5.74) is -2.66. The summed E-state index contributed by atoms with van der Waals surface area (Å²) in [5.74, 6) is -3.10. The normalized spacial score (nSPS) is 18.3. The Morgan fingerprint density at radius 3 is 2.33 bits per heavy atom. The minimum absolute atomic E-state index is 0.0288. The molecule has 1 aromatic heterocycles. The number of halogens is 5. The predicted octanol–water partition coefficient (Wildman–Crippen LogP) is 5.07. The molecule has 1 aliphatic rings. The Labute approximate surface area is 222 Å². The van der Waals surface area contributed by atoms with Crippen LogP contribution < -0.4 is 15.5 Å². The van der Waals surface area contributed by atoms with Gasteiger partial charge in [-0.25, -0.2) is 18.6 Å². The van der Waals surface area contributed by atoms with Crippen LogP contribution in [0.1, 0.15) is 57.1 Å². The quantitative estimate of drug-likeness (QED) is 0.501. The lowest BCUT2D eigenvalue weighted by molar-refractivity contribution is -0.149. The number of amides is 2. The number of pyridine rings is 1. The molecule has 2 N–H and O–H groups in total. The van der Waals surface area contributed by atoms with Crippen LogP contribution in [0.5, 0.6) is 0 Å². The van der Waals surface area contributed by atoms with Gasteiger partial charge in [0.15, 0.2) is 0 Å². The highest BCUT2D eigenvalue weighted by atomic mass is 19.4. The first-order chi connectivity index (χ1) is 17.9. The zero-order chi connectivity index (χ0) is 29.3. The van der Waals surface area contributed by atoms with Crippen LogP contribution in [0.3, 0.4) is 0 Å². The molecule has 13 heteroatoms. The standard InChI is InChI=1S/C26H28F5N5O3/c1-14(26(29,30)31)34-22(37)18-12-33-19(11-32)20(15-8-16(27)10-17(28)9-15)21(18)36-7-6-25(5,13-36)35-23(38)39-24(2,3)4/h8-10,12,14H,6-7,13H2,1-5H3,(H,34,37)(H,35,38)/t14-,25-/m0/s1. The molecule has 1 saturated heterocycles. The number of nitrogens with one attached hydrogen (secondary N) is 2. The van der Waals surface area contributed by atoms with Crippen LogP contribution in [0.4, 0.5) is 32.4 Å². The number of alkyl halides is 3. The maximum atomic E-state index is 14.2. The van der Waals surface area contributed by atoms with Crippen LogP contribution in [-0.4, -0.2) is 53.4 Å². The Kier molecular flexibility index (Phi) is 8.10. The van der Waals surface area contributed by atoms with E-state index in [2.05, 4.69) is 10.3 Å². The Hall–Kier alpha value is -3.95. The van der Waals surface area contributed by atoms with E-state index in [1.165, 1.54) is 0 Å². The molecule has 0 spiro atoms. The first-order valence-corrected chi connectivity index (χ1v) is 12.0. The number of hydrogen-bond acceptors (Lipinski definition) is 6. The van der Waals surface area contributed by atoms with Crippen LogP contribution in [0, 0.1) is 23.0 Å². The molecule has 2 aromatic rings. The van der Waals surface area contributed by atoms with Crippen molar-refractivity contribution in [1.29, 1.82) is 5.26 Å². The van der Waals surface area contributed by atoms with Gasteiger partial charge in [0.05, 0.1) is 16.8 Å². The first kappa shape index (κ1) is 29.6. The molecule has 0 radical (unpaired) electrons. The van der Waals surface area contributed by atoms with Crippen LogP contribution >= 0.6 is 0 Å². The molecule has 0 aliphatic carbocycles. The number of ether oxygens (including phenoxy) is 1. The SMILES string of the molecule is C[C@H](NC(=O)c1cnc(C#N)c(-c2cc(F)cc(F)c2)c1N1CC[C@](C)(NC(=O)OC(C)(C)C)C1)C(F)(F)F. The number of rotatable bonds is 5. The number of anilines is 1. The summed E-state index contributed by atoms with van der Waals surface area (Å²) in [6, 6.07) is 2.07. The molecule has 0 saturated carbocycles. The minimum Gasteiger partial charge on any atom is -0.444 e. The molecular weight excluding hydrogens is 525 g/mol. The molecule has 1 fully saturated rings. The van der Waals surface area contributed by atoms with Gasteiger partial charge in [-0.05, 0) is 58.7 Å². The Bertz CT molecular complexity index is 1300. The molecular formula is C26H28F5N5O3. The third-order valence-electron chi connectivity index (χ3n) is 5.98. The van der Waals surface area contributed by atoms with Gasteiger partial charge in [0.2, 0.25) is 0 Å². The second-order valence-electron chi connectivity index (χ2n) is 10.6. The van der Waals surface area contributed by atoms with E-state index in [0.29, 0.717) is 12.5 Å². The topological polar surface area (TPSA) is 107 Å². The Balaban J connectivity index is 2.14. The summed E-state index contributed by atoms with van der Waals surface area (Å²) >= 11 is 0. The largest absolute Gasteiger partial charge is 0.444 e. The molecule has 0 unspecified atom stereocenters. The second-order valence-corrected chi connectivity index (χ2v) is 10.6. The molecule has 0 bridgehead atoms. The van der Waals surface area contributed by atoms with Crippen LogP contribution in [0.15, 0.2) is 24.4 Å². The van der Waals surface area contributed by atoms with Gasteiger partial charge in [-0.1, -0.05) is 0 Å². The van der Waals surface area contributed by atoms with E-state index in [4.69, 9.17) is 4.74 Å². The molecule has 1 aromatic carbocycles. The summed E-state index contributed by atoms with van der Waals surface area (Å²) < 4.78 is 73.3. The number of hydrogen-bond donors (Lipinski definition) is 2. The lowest BCUT2D eigenvalue weighted by Crippen LogP contribution is -2.49. The third-order valence-corrected chi connectivity index (χ3v) is 5.98. The number of benzene rings is 1. The lowest BCUT2D eigenvalue weighted by Gasteiger charge is -2.30. The summed E-state index contributed by atoms with van der Waals surface area (Å²) in [7, 11) is 0. The van der Waals surface area contributed by atoms with E-state index in [-0.39, 0.29) is 41.2 Å². The highest BCUT2D eigenvalue weighted by Gasteiger charge is 2.41. The van der Waals surface area contributed by atoms with Crippen molar-refractivity contribution in [2.45, 2.75) is 64.4 Å². The van der Waals surface area contributed by atoms with Crippen molar-refractivity contribution >= 4 is 17.7 Å². The van der Waals surface area contributed by atoms with Crippen molar-refractivity contribution in [2.24, 2.45) is 0 Å². The fourth-order valence-corrected chi connectivity index (χ4v) is 4.21. The molecule has 8 nitrogen and oxygen atoms in total. The second kappa shape index (κ2) is 10.7. The minimum atomic E-state index is -4.74. The summed E-state index contributed by atoms with van der Waals surface area (Å²) in [4.78, 5) is 31.0. The molecule has 39 heavy (non-hydrogen) atoms. The number of alkyl carbamates (subject to hydrolysis) is 1. The van der Waals surface area contributed by atoms with E-state index in [0.717, 1.165) is 25.3 Å². The molecule has 2 atom stereocenters. The number of nitrogens with zero attached hydrogens (tertiary/aromatic N) is 3. The molecule has 210 valence electrons.